The zero-order chi connectivity index (χ0) is 8.39. The van der Waals surface area contributed by atoms with Gasteiger partial charge in [-0.3, -0.25) is 4.98 Å². The highest BCUT2D eigenvalue weighted by molar-refractivity contribution is 5.39. The van der Waals surface area contributed by atoms with Crippen molar-refractivity contribution in [3.05, 3.63) is 18.6 Å². The van der Waals surface area contributed by atoms with E-state index in [4.69, 9.17) is 4.74 Å². The first-order chi connectivity index (χ1) is 5.90. The Morgan fingerprint density at radius 3 is 2.92 bits per heavy atom. The number of ether oxygens (including phenoxy) is 1. The molecule has 0 aromatic carbocycles. The summed E-state index contributed by atoms with van der Waals surface area (Å²) in [5.74, 6) is 0.936. The smallest absolute Gasteiger partial charge is 0.147 e. The highest BCUT2D eigenvalue weighted by Crippen LogP contribution is 2.17. The number of anilines is 1. The molecule has 0 amide bonds. The van der Waals surface area contributed by atoms with Crippen molar-refractivity contribution in [1.82, 2.24) is 9.97 Å². The summed E-state index contributed by atoms with van der Waals surface area (Å²) in [6.07, 6.45) is 5.52. The Kier molecular flexibility index (Phi) is 1.91. The van der Waals surface area contributed by atoms with E-state index >= 15 is 0 Å². The summed E-state index contributed by atoms with van der Waals surface area (Å²) < 4.78 is 5.15. The summed E-state index contributed by atoms with van der Waals surface area (Å²) >= 11 is 0. The minimum Gasteiger partial charge on any atom is -0.378 e. The van der Waals surface area contributed by atoms with Crippen LogP contribution in [0.2, 0.25) is 0 Å². The molecule has 1 aliphatic heterocycles. The van der Waals surface area contributed by atoms with E-state index < -0.39 is 0 Å². The van der Waals surface area contributed by atoms with Gasteiger partial charge in [0.15, 0.2) is 0 Å². The van der Waals surface area contributed by atoms with Crippen molar-refractivity contribution in [2.24, 2.45) is 0 Å². The molecule has 0 saturated carbocycles. The summed E-state index contributed by atoms with van der Waals surface area (Å²) in [7, 11) is 1.73. The predicted molar refractivity (Wildman–Crippen MR) is 45.0 cm³/mol. The van der Waals surface area contributed by atoms with Crippen LogP contribution in [0.4, 0.5) is 5.82 Å². The lowest BCUT2D eigenvalue weighted by molar-refractivity contribution is 0.0783. The Labute approximate surface area is 71.2 Å². The van der Waals surface area contributed by atoms with Gasteiger partial charge in [-0.05, 0) is 0 Å². The molecule has 0 N–H and O–H groups in total. The molecule has 4 heteroatoms. The standard InChI is InChI=1S/C8H11N3O/c1-12-7-5-11(6-7)8-4-9-2-3-10-8/h2-4,7H,5-6H2,1H3. The highest BCUT2D eigenvalue weighted by Gasteiger charge is 2.27. The number of methoxy groups -OCH3 is 1. The van der Waals surface area contributed by atoms with E-state index in [0.717, 1.165) is 18.9 Å². The second-order valence-corrected chi connectivity index (χ2v) is 2.83. The zero-order valence-electron chi connectivity index (χ0n) is 6.97. The topological polar surface area (TPSA) is 38.2 Å². The highest BCUT2D eigenvalue weighted by atomic mass is 16.5. The number of nitrogens with zero attached hydrogens (tertiary/aromatic N) is 3. The molecule has 1 fully saturated rings. The van der Waals surface area contributed by atoms with Crippen LogP contribution in [-0.2, 0) is 4.74 Å². The van der Waals surface area contributed by atoms with E-state index in [1.165, 1.54) is 0 Å². The molecule has 0 radical (unpaired) electrons. The first-order valence-corrected chi connectivity index (χ1v) is 3.94. The van der Waals surface area contributed by atoms with Crippen molar-refractivity contribution in [2.75, 3.05) is 25.1 Å². The number of aromatic nitrogens is 2. The fraction of sp³-hybridized carbons (Fsp3) is 0.500. The van der Waals surface area contributed by atoms with E-state index in [0.29, 0.717) is 6.10 Å². The second-order valence-electron chi connectivity index (χ2n) is 2.83. The fourth-order valence-electron chi connectivity index (χ4n) is 1.23. The molecule has 2 rings (SSSR count). The van der Waals surface area contributed by atoms with E-state index in [1.807, 2.05) is 0 Å². The van der Waals surface area contributed by atoms with E-state index in [-0.39, 0.29) is 0 Å². The molecule has 0 bridgehead atoms. The van der Waals surface area contributed by atoms with Gasteiger partial charge >= 0.3 is 0 Å². The summed E-state index contributed by atoms with van der Waals surface area (Å²) in [4.78, 5) is 10.3. The van der Waals surface area contributed by atoms with Gasteiger partial charge in [0.2, 0.25) is 0 Å². The van der Waals surface area contributed by atoms with Crippen LogP contribution in [-0.4, -0.2) is 36.3 Å². The second kappa shape index (κ2) is 3.06. The van der Waals surface area contributed by atoms with Gasteiger partial charge in [-0.15, -0.1) is 0 Å². The molecule has 1 aliphatic rings. The van der Waals surface area contributed by atoms with E-state index in [2.05, 4.69) is 14.9 Å². The molecule has 0 atom stereocenters. The predicted octanol–water partition coefficient (Wildman–Crippen LogP) is 0.312. The molecule has 64 valence electrons. The first kappa shape index (κ1) is 7.49. The number of rotatable bonds is 2. The van der Waals surface area contributed by atoms with Gasteiger partial charge < -0.3 is 9.64 Å². The molecule has 1 saturated heterocycles. The monoisotopic (exact) mass is 165 g/mol. The third-order valence-electron chi connectivity index (χ3n) is 2.05. The van der Waals surface area contributed by atoms with Crippen LogP contribution in [0.25, 0.3) is 0 Å². The molecule has 0 spiro atoms. The maximum absolute atomic E-state index is 5.15. The average molecular weight is 165 g/mol. The van der Waals surface area contributed by atoms with Crippen LogP contribution in [0.15, 0.2) is 18.6 Å². The Morgan fingerprint density at radius 1 is 1.50 bits per heavy atom. The summed E-state index contributed by atoms with van der Waals surface area (Å²) in [5.41, 5.74) is 0. The molecule has 1 aromatic rings. The van der Waals surface area contributed by atoms with Gasteiger partial charge in [-0.2, -0.15) is 0 Å². The molecular weight excluding hydrogens is 154 g/mol. The summed E-state index contributed by atoms with van der Waals surface area (Å²) in [6.45, 7) is 1.85. The van der Waals surface area contributed by atoms with Crippen molar-refractivity contribution in [3.8, 4) is 0 Å². The molecule has 1 aromatic heterocycles. The molecular formula is C8H11N3O. The third-order valence-corrected chi connectivity index (χ3v) is 2.05. The Balaban J connectivity index is 1.97. The lowest BCUT2D eigenvalue weighted by Crippen LogP contribution is -2.52. The van der Waals surface area contributed by atoms with E-state index in [1.54, 1.807) is 25.7 Å². The third kappa shape index (κ3) is 1.25. The van der Waals surface area contributed by atoms with Crippen LogP contribution in [0.3, 0.4) is 0 Å². The Morgan fingerprint density at radius 2 is 2.33 bits per heavy atom. The zero-order valence-corrected chi connectivity index (χ0v) is 6.97. The van der Waals surface area contributed by atoms with Crippen molar-refractivity contribution in [1.29, 1.82) is 0 Å². The van der Waals surface area contributed by atoms with Crippen LogP contribution < -0.4 is 4.90 Å². The largest absolute Gasteiger partial charge is 0.378 e. The fourth-order valence-corrected chi connectivity index (χ4v) is 1.23. The van der Waals surface area contributed by atoms with Crippen molar-refractivity contribution in [2.45, 2.75) is 6.10 Å². The van der Waals surface area contributed by atoms with Crippen LogP contribution in [0, 0.1) is 0 Å². The normalized spacial score (nSPS) is 17.6. The van der Waals surface area contributed by atoms with Crippen molar-refractivity contribution in [3.63, 3.8) is 0 Å². The molecule has 4 nitrogen and oxygen atoms in total. The van der Waals surface area contributed by atoms with Crippen LogP contribution in [0.1, 0.15) is 0 Å². The SMILES string of the molecule is COC1CN(c2cnccn2)C1. The number of hydrogen-bond donors (Lipinski definition) is 0. The first-order valence-electron chi connectivity index (χ1n) is 3.94. The van der Waals surface area contributed by atoms with Gasteiger partial charge in [0.05, 0.1) is 12.3 Å². The van der Waals surface area contributed by atoms with E-state index in [9.17, 15) is 0 Å². The van der Waals surface area contributed by atoms with Gasteiger partial charge in [-0.1, -0.05) is 0 Å². The van der Waals surface area contributed by atoms with Gasteiger partial charge in [0.1, 0.15) is 5.82 Å². The molecule has 12 heavy (non-hydrogen) atoms. The minimum absolute atomic E-state index is 0.368. The Bertz CT molecular complexity index is 246. The average Bonchev–Trinajstić information content (AvgIpc) is 2.04. The maximum Gasteiger partial charge on any atom is 0.147 e. The summed E-state index contributed by atoms with van der Waals surface area (Å²) in [6, 6.07) is 0. The van der Waals surface area contributed by atoms with Crippen molar-refractivity contribution >= 4 is 5.82 Å². The maximum atomic E-state index is 5.15. The molecule has 0 aliphatic carbocycles. The summed E-state index contributed by atoms with van der Waals surface area (Å²) in [5, 5.41) is 0. The van der Waals surface area contributed by atoms with Crippen LogP contribution >= 0.6 is 0 Å². The minimum atomic E-state index is 0.368. The lowest BCUT2D eigenvalue weighted by atomic mass is 10.2. The quantitative estimate of drug-likeness (QED) is 0.632. The molecule has 2 heterocycles. The molecule has 0 unspecified atom stereocenters. The van der Waals surface area contributed by atoms with Crippen LogP contribution in [0.5, 0.6) is 0 Å². The van der Waals surface area contributed by atoms with Gasteiger partial charge in [-0.25, -0.2) is 4.98 Å². The number of hydrogen-bond acceptors (Lipinski definition) is 4. The Hall–Kier alpha value is -1.16. The van der Waals surface area contributed by atoms with Gasteiger partial charge in [0, 0.05) is 32.6 Å². The lowest BCUT2D eigenvalue weighted by Gasteiger charge is -2.38. The van der Waals surface area contributed by atoms with Gasteiger partial charge in [0.25, 0.3) is 0 Å². The van der Waals surface area contributed by atoms with Crippen molar-refractivity contribution < 1.29 is 4.74 Å².